The summed E-state index contributed by atoms with van der Waals surface area (Å²) in [6.45, 7) is 5.59. The van der Waals surface area contributed by atoms with Crippen LogP contribution in [-0.4, -0.2) is 57.9 Å². The smallest absolute Gasteiger partial charge is 0.265 e. The number of nitrogens with zero attached hydrogens (tertiary/aromatic N) is 3. The lowest BCUT2D eigenvalue weighted by molar-refractivity contribution is -0.186. The van der Waals surface area contributed by atoms with E-state index in [4.69, 9.17) is 4.74 Å². The van der Waals surface area contributed by atoms with Crippen LogP contribution in [-0.2, 0) is 16.1 Å². The van der Waals surface area contributed by atoms with Gasteiger partial charge in [0, 0.05) is 13.1 Å². The van der Waals surface area contributed by atoms with E-state index in [2.05, 4.69) is 4.98 Å². The lowest BCUT2D eigenvalue weighted by atomic mass is 9.85. The topological polar surface area (TPSA) is 62.7 Å². The van der Waals surface area contributed by atoms with Gasteiger partial charge in [0.2, 0.25) is 5.91 Å². The number of fused-ring (bicyclic) bond motifs is 1. The second-order valence-corrected chi connectivity index (χ2v) is 8.26. The molecular weight excluding hydrogens is 362 g/mol. The second kappa shape index (κ2) is 7.05. The molecule has 1 aromatic heterocycles. The fourth-order valence-electron chi connectivity index (χ4n) is 4.06. The van der Waals surface area contributed by atoms with Gasteiger partial charge in [-0.05, 0) is 25.8 Å². The highest BCUT2D eigenvalue weighted by Crippen LogP contribution is 2.34. The molecule has 4 rings (SSSR count). The lowest BCUT2D eigenvalue weighted by Gasteiger charge is -2.52. The van der Waals surface area contributed by atoms with Crippen molar-refractivity contribution < 1.29 is 14.3 Å². The van der Waals surface area contributed by atoms with E-state index in [1.165, 1.54) is 11.3 Å². The number of carbonyl (C=O) groups excluding carboxylic acids is 2. The van der Waals surface area contributed by atoms with Gasteiger partial charge in [-0.15, -0.1) is 11.3 Å². The molecule has 27 heavy (non-hydrogen) atoms. The molecule has 2 fully saturated rings. The van der Waals surface area contributed by atoms with Crippen molar-refractivity contribution in [1.29, 1.82) is 0 Å². The molecule has 2 saturated heterocycles. The van der Waals surface area contributed by atoms with Crippen molar-refractivity contribution in [2.45, 2.75) is 38.5 Å². The van der Waals surface area contributed by atoms with Gasteiger partial charge in [0.15, 0.2) is 0 Å². The second-order valence-electron chi connectivity index (χ2n) is 7.41. The van der Waals surface area contributed by atoms with Crippen molar-refractivity contribution in [2.24, 2.45) is 0 Å². The SMILES string of the molecule is Cc1ncsc1C(=O)N1CC[C@H]2N(Cc3ccccc3)C(=O)CO[C@]2(C)C1. The molecule has 0 N–H and O–H groups in total. The van der Waals surface area contributed by atoms with Gasteiger partial charge in [0.25, 0.3) is 5.91 Å². The maximum Gasteiger partial charge on any atom is 0.265 e. The number of hydrogen-bond acceptors (Lipinski definition) is 5. The Hall–Kier alpha value is -2.25. The van der Waals surface area contributed by atoms with Crippen LogP contribution in [0.2, 0.25) is 0 Å². The first-order valence-electron chi connectivity index (χ1n) is 9.15. The highest BCUT2D eigenvalue weighted by molar-refractivity contribution is 7.11. The molecule has 0 radical (unpaired) electrons. The van der Waals surface area contributed by atoms with Crippen molar-refractivity contribution in [1.82, 2.24) is 14.8 Å². The molecule has 7 heteroatoms. The molecule has 0 saturated carbocycles. The largest absolute Gasteiger partial charge is 0.361 e. The number of piperidine rings is 1. The van der Waals surface area contributed by atoms with Gasteiger partial charge >= 0.3 is 0 Å². The summed E-state index contributed by atoms with van der Waals surface area (Å²) in [5.41, 5.74) is 3.01. The van der Waals surface area contributed by atoms with Gasteiger partial charge in [-0.1, -0.05) is 30.3 Å². The molecule has 0 spiro atoms. The number of thiazole rings is 1. The van der Waals surface area contributed by atoms with Crippen LogP contribution in [0, 0.1) is 6.92 Å². The summed E-state index contributed by atoms with van der Waals surface area (Å²) in [5, 5.41) is 0. The lowest BCUT2D eigenvalue weighted by Crippen LogP contribution is -2.67. The minimum atomic E-state index is -0.560. The molecule has 2 amide bonds. The Bertz CT molecular complexity index is 853. The molecule has 2 aliphatic heterocycles. The Morgan fingerprint density at radius 2 is 2.15 bits per heavy atom. The van der Waals surface area contributed by atoms with Crippen molar-refractivity contribution >= 4 is 23.2 Å². The predicted molar refractivity (Wildman–Crippen MR) is 103 cm³/mol. The number of ether oxygens (including phenoxy) is 1. The average molecular weight is 385 g/mol. The Balaban J connectivity index is 1.53. The zero-order valence-electron chi connectivity index (χ0n) is 15.6. The minimum absolute atomic E-state index is 0.00443. The van der Waals surface area contributed by atoms with E-state index in [-0.39, 0.29) is 24.5 Å². The van der Waals surface area contributed by atoms with E-state index in [9.17, 15) is 9.59 Å². The number of morpholine rings is 1. The number of aryl methyl sites for hydroxylation is 1. The molecule has 2 aromatic rings. The van der Waals surface area contributed by atoms with Gasteiger partial charge in [0.1, 0.15) is 17.1 Å². The summed E-state index contributed by atoms with van der Waals surface area (Å²) in [5.74, 6) is 0.0178. The van der Waals surface area contributed by atoms with Crippen LogP contribution < -0.4 is 0 Å². The number of hydrogen-bond donors (Lipinski definition) is 0. The summed E-state index contributed by atoms with van der Waals surface area (Å²) in [4.78, 5) is 34.1. The van der Waals surface area contributed by atoms with Crippen molar-refractivity contribution in [3.05, 3.63) is 52.0 Å². The van der Waals surface area contributed by atoms with E-state index in [0.717, 1.165) is 11.3 Å². The van der Waals surface area contributed by atoms with E-state index in [1.807, 2.05) is 54.0 Å². The first kappa shape index (κ1) is 18.1. The fraction of sp³-hybridized carbons (Fsp3) is 0.450. The van der Waals surface area contributed by atoms with Crippen LogP contribution in [0.3, 0.4) is 0 Å². The fourth-order valence-corrected chi connectivity index (χ4v) is 4.83. The maximum atomic E-state index is 12.9. The van der Waals surface area contributed by atoms with Crippen molar-refractivity contribution in [3.8, 4) is 0 Å². The standard InChI is InChI=1S/C20H23N3O3S/c1-14-18(27-13-21-14)19(25)22-9-8-16-20(2,12-22)26-11-17(24)23(16)10-15-6-4-3-5-7-15/h3-7,13,16H,8-12H2,1-2H3/t16-,20-/m1/s1. The summed E-state index contributed by atoms with van der Waals surface area (Å²) < 4.78 is 5.98. The van der Waals surface area contributed by atoms with Crippen LogP contribution in [0.1, 0.15) is 34.3 Å². The zero-order chi connectivity index (χ0) is 19.0. The van der Waals surface area contributed by atoms with E-state index >= 15 is 0 Å². The Morgan fingerprint density at radius 3 is 2.85 bits per heavy atom. The van der Waals surface area contributed by atoms with Crippen LogP contribution >= 0.6 is 11.3 Å². The first-order valence-corrected chi connectivity index (χ1v) is 10.0. The number of rotatable bonds is 3. The van der Waals surface area contributed by atoms with Crippen LogP contribution in [0.25, 0.3) is 0 Å². The molecular formula is C20H23N3O3S. The van der Waals surface area contributed by atoms with Gasteiger partial charge in [-0.3, -0.25) is 9.59 Å². The van der Waals surface area contributed by atoms with Gasteiger partial charge in [-0.2, -0.15) is 0 Å². The van der Waals surface area contributed by atoms with Crippen LogP contribution in [0.15, 0.2) is 35.8 Å². The van der Waals surface area contributed by atoms with Crippen molar-refractivity contribution in [2.75, 3.05) is 19.7 Å². The maximum absolute atomic E-state index is 12.9. The molecule has 0 unspecified atom stereocenters. The average Bonchev–Trinajstić information content (AvgIpc) is 3.10. The van der Waals surface area contributed by atoms with Gasteiger partial charge < -0.3 is 14.5 Å². The molecule has 0 aliphatic carbocycles. The predicted octanol–water partition coefficient (Wildman–Crippen LogP) is 2.48. The molecule has 142 valence electrons. The highest BCUT2D eigenvalue weighted by atomic mass is 32.1. The number of benzene rings is 1. The van der Waals surface area contributed by atoms with Crippen LogP contribution in [0.5, 0.6) is 0 Å². The highest BCUT2D eigenvalue weighted by Gasteiger charge is 2.49. The number of likely N-dealkylation sites (tertiary alicyclic amines) is 1. The molecule has 0 bridgehead atoms. The molecule has 2 atom stereocenters. The van der Waals surface area contributed by atoms with E-state index < -0.39 is 5.60 Å². The number of aromatic nitrogens is 1. The third-order valence-electron chi connectivity index (χ3n) is 5.53. The Kier molecular flexibility index (Phi) is 4.74. The third-order valence-corrected chi connectivity index (χ3v) is 6.44. The Morgan fingerprint density at radius 1 is 1.37 bits per heavy atom. The number of carbonyl (C=O) groups is 2. The molecule has 2 aliphatic rings. The summed E-state index contributed by atoms with van der Waals surface area (Å²) >= 11 is 1.37. The normalized spacial score (nSPS) is 25.4. The van der Waals surface area contributed by atoms with Crippen LogP contribution in [0.4, 0.5) is 0 Å². The molecule has 6 nitrogen and oxygen atoms in total. The number of amides is 2. The van der Waals surface area contributed by atoms with E-state index in [0.29, 0.717) is 30.9 Å². The quantitative estimate of drug-likeness (QED) is 0.814. The van der Waals surface area contributed by atoms with Gasteiger partial charge in [0.05, 0.1) is 23.8 Å². The summed E-state index contributed by atoms with van der Waals surface area (Å²) in [6, 6.07) is 9.97. The monoisotopic (exact) mass is 385 g/mol. The minimum Gasteiger partial charge on any atom is -0.361 e. The molecule has 1 aromatic carbocycles. The van der Waals surface area contributed by atoms with E-state index in [1.54, 1.807) is 5.51 Å². The van der Waals surface area contributed by atoms with Gasteiger partial charge in [-0.25, -0.2) is 4.98 Å². The Labute approximate surface area is 162 Å². The third kappa shape index (κ3) is 3.37. The molecule has 3 heterocycles. The van der Waals surface area contributed by atoms with Crippen molar-refractivity contribution in [3.63, 3.8) is 0 Å². The summed E-state index contributed by atoms with van der Waals surface area (Å²) in [6.07, 6.45) is 0.707. The first-order chi connectivity index (χ1) is 13.0. The summed E-state index contributed by atoms with van der Waals surface area (Å²) in [7, 11) is 0. The zero-order valence-corrected chi connectivity index (χ0v) is 16.4.